The first kappa shape index (κ1) is 13.4. The maximum absolute atomic E-state index is 5.38. The van der Waals surface area contributed by atoms with Crippen LogP contribution < -0.4 is 10.1 Å². The third-order valence-corrected chi connectivity index (χ3v) is 4.11. The van der Waals surface area contributed by atoms with Crippen molar-refractivity contribution >= 4 is 0 Å². The van der Waals surface area contributed by atoms with E-state index >= 15 is 0 Å². The van der Waals surface area contributed by atoms with Crippen molar-refractivity contribution in [3.63, 3.8) is 0 Å². The summed E-state index contributed by atoms with van der Waals surface area (Å²) in [5, 5.41) is 3.64. The van der Waals surface area contributed by atoms with Gasteiger partial charge < -0.3 is 10.1 Å². The van der Waals surface area contributed by atoms with Gasteiger partial charge in [0.25, 0.3) is 0 Å². The molecule has 1 aliphatic rings. The molecule has 100 valence electrons. The Morgan fingerprint density at radius 2 is 2.22 bits per heavy atom. The zero-order valence-electron chi connectivity index (χ0n) is 11.8. The Morgan fingerprint density at radius 1 is 1.39 bits per heavy atom. The van der Waals surface area contributed by atoms with E-state index in [1.54, 1.807) is 7.11 Å². The van der Waals surface area contributed by atoms with Crippen LogP contribution in [0.3, 0.4) is 0 Å². The molecule has 0 amide bonds. The van der Waals surface area contributed by atoms with Gasteiger partial charge in [0.2, 0.25) is 0 Å². The van der Waals surface area contributed by atoms with Gasteiger partial charge in [0.1, 0.15) is 5.75 Å². The maximum atomic E-state index is 5.38. The molecule has 0 saturated heterocycles. The predicted molar refractivity (Wildman–Crippen MR) is 76.4 cm³/mol. The smallest absolute Gasteiger partial charge is 0.119 e. The Balaban J connectivity index is 2.30. The fourth-order valence-corrected chi connectivity index (χ4v) is 3.19. The molecule has 2 heteroatoms. The van der Waals surface area contributed by atoms with Crippen molar-refractivity contribution in [1.82, 2.24) is 5.32 Å². The molecule has 2 unspecified atom stereocenters. The highest BCUT2D eigenvalue weighted by atomic mass is 16.5. The van der Waals surface area contributed by atoms with Crippen molar-refractivity contribution < 1.29 is 4.74 Å². The largest absolute Gasteiger partial charge is 0.497 e. The Bertz CT molecular complexity index is 389. The quantitative estimate of drug-likeness (QED) is 0.860. The number of nitrogens with one attached hydrogen (secondary N) is 1. The first-order chi connectivity index (χ1) is 8.80. The Morgan fingerprint density at radius 3 is 2.89 bits per heavy atom. The molecule has 0 heterocycles. The summed E-state index contributed by atoms with van der Waals surface area (Å²) in [4.78, 5) is 0. The van der Waals surface area contributed by atoms with Gasteiger partial charge in [-0.05, 0) is 61.4 Å². The molecule has 2 nitrogen and oxygen atoms in total. The second kappa shape index (κ2) is 6.24. The molecular weight excluding hydrogens is 222 g/mol. The first-order valence-electron chi connectivity index (χ1n) is 7.20. The summed E-state index contributed by atoms with van der Waals surface area (Å²) in [5.74, 6) is 1.64. The topological polar surface area (TPSA) is 21.3 Å². The Hall–Kier alpha value is -1.02. The second-order valence-electron chi connectivity index (χ2n) is 5.14. The highest BCUT2D eigenvalue weighted by Crippen LogP contribution is 2.36. The molecule has 2 rings (SSSR count). The van der Waals surface area contributed by atoms with E-state index < -0.39 is 0 Å². The van der Waals surface area contributed by atoms with Gasteiger partial charge in [-0.25, -0.2) is 0 Å². The van der Waals surface area contributed by atoms with Gasteiger partial charge in [0.15, 0.2) is 0 Å². The van der Waals surface area contributed by atoms with Crippen LogP contribution in [-0.2, 0) is 6.42 Å². The lowest BCUT2D eigenvalue weighted by Gasteiger charge is -2.32. The molecule has 0 bridgehead atoms. The summed E-state index contributed by atoms with van der Waals surface area (Å²) in [6.45, 7) is 5.52. The van der Waals surface area contributed by atoms with E-state index in [-0.39, 0.29) is 0 Å². The third-order valence-electron chi connectivity index (χ3n) is 4.11. The molecule has 0 aliphatic heterocycles. The SMILES string of the molecule is CCNC(CC)C1CCCc2ccc(OC)cc21. The molecule has 0 fully saturated rings. The van der Waals surface area contributed by atoms with Crippen molar-refractivity contribution in [2.75, 3.05) is 13.7 Å². The number of benzene rings is 1. The summed E-state index contributed by atoms with van der Waals surface area (Å²) in [6.07, 6.45) is 5.02. The van der Waals surface area contributed by atoms with Crippen LogP contribution in [0.2, 0.25) is 0 Å². The van der Waals surface area contributed by atoms with E-state index in [1.807, 2.05) is 0 Å². The van der Waals surface area contributed by atoms with Crippen molar-refractivity contribution in [1.29, 1.82) is 0 Å². The number of aryl methyl sites for hydroxylation is 1. The van der Waals surface area contributed by atoms with E-state index in [1.165, 1.54) is 36.8 Å². The molecule has 1 aromatic carbocycles. The average molecular weight is 247 g/mol. The van der Waals surface area contributed by atoms with Crippen LogP contribution in [-0.4, -0.2) is 19.7 Å². The minimum atomic E-state index is 0.598. The average Bonchev–Trinajstić information content (AvgIpc) is 2.43. The predicted octanol–water partition coefficient (Wildman–Crippen LogP) is 3.50. The lowest BCUT2D eigenvalue weighted by Crippen LogP contribution is -2.35. The highest BCUT2D eigenvalue weighted by Gasteiger charge is 2.26. The van der Waals surface area contributed by atoms with Crippen molar-refractivity contribution in [2.45, 2.75) is 51.5 Å². The second-order valence-corrected chi connectivity index (χ2v) is 5.14. The van der Waals surface area contributed by atoms with Crippen molar-refractivity contribution in [2.24, 2.45) is 0 Å². The molecule has 0 radical (unpaired) electrons. The number of fused-ring (bicyclic) bond motifs is 1. The minimum Gasteiger partial charge on any atom is -0.497 e. The highest BCUT2D eigenvalue weighted by molar-refractivity contribution is 5.40. The van der Waals surface area contributed by atoms with Crippen LogP contribution in [0.15, 0.2) is 18.2 Å². The summed E-state index contributed by atoms with van der Waals surface area (Å²) in [5.41, 5.74) is 3.02. The molecule has 1 aliphatic carbocycles. The lowest BCUT2D eigenvalue weighted by atomic mass is 9.78. The standard InChI is InChI=1S/C16H25NO/c1-4-16(17-5-2)14-8-6-7-12-9-10-13(18-3)11-15(12)14/h9-11,14,16-17H,4-8H2,1-3H3. The van der Waals surface area contributed by atoms with Crippen LogP contribution >= 0.6 is 0 Å². The van der Waals surface area contributed by atoms with Crippen LogP contribution in [0.25, 0.3) is 0 Å². The van der Waals surface area contributed by atoms with Crippen LogP contribution in [0.5, 0.6) is 5.75 Å². The number of hydrogen-bond donors (Lipinski definition) is 1. The van der Waals surface area contributed by atoms with Gasteiger partial charge in [-0.3, -0.25) is 0 Å². The van der Waals surface area contributed by atoms with Crippen LogP contribution in [0.4, 0.5) is 0 Å². The molecule has 1 N–H and O–H groups in total. The fourth-order valence-electron chi connectivity index (χ4n) is 3.19. The zero-order valence-corrected chi connectivity index (χ0v) is 11.8. The molecule has 0 aromatic heterocycles. The van der Waals surface area contributed by atoms with E-state index in [4.69, 9.17) is 4.74 Å². The van der Waals surface area contributed by atoms with E-state index in [0.717, 1.165) is 12.3 Å². The summed E-state index contributed by atoms with van der Waals surface area (Å²) in [6, 6.07) is 7.19. The van der Waals surface area contributed by atoms with Gasteiger partial charge >= 0.3 is 0 Å². The van der Waals surface area contributed by atoms with Gasteiger partial charge in [-0.2, -0.15) is 0 Å². The summed E-state index contributed by atoms with van der Waals surface area (Å²) < 4.78 is 5.38. The first-order valence-corrected chi connectivity index (χ1v) is 7.20. The third kappa shape index (κ3) is 2.69. The van der Waals surface area contributed by atoms with Gasteiger partial charge in [-0.15, -0.1) is 0 Å². The van der Waals surface area contributed by atoms with Crippen LogP contribution in [0.1, 0.15) is 50.2 Å². The Kier molecular flexibility index (Phi) is 4.65. The molecule has 18 heavy (non-hydrogen) atoms. The van der Waals surface area contributed by atoms with E-state index in [9.17, 15) is 0 Å². The zero-order chi connectivity index (χ0) is 13.0. The normalized spacial score (nSPS) is 20.3. The lowest BCUT2D eigenvalue weighted by molar-refractivity contribution is 0.383. The molecule has 1 aromatic rings. The monoisotopic (exact) mass is 247 g/mol. The van der Waals surface area contributed by atoms with E-state index in [2.05, 4.69) is 37.4 Å². The van der Waals surface area contributed by atoms with Crippen LogP contribution in [0, 0.1) is 0 Å². The van der Waals surface area contributed by atoms with Gasteiger partial charge in [0.05, 0.1) is 7.11 Å². The van der Waals surface area contributed by atoms with Gasteiger partial charge in [0, 0.05) is 6.04 Å². The summed E-state index contributed by atoms with van der Waals surface area (Å²) >= 11 is 0. The number of methoxy groups -OCH3 is 1. The molecule has 2 atom stereocenters. The number of likely N-dealkylation sites (N-methyl/N-ethyl adjacent to an activating group) is 1. The van der Waals surface area contributed by atoms with E-state index in [0.29, 0.717) is 12.0 Å². The number of ether oxygens (including phenoxy) is 1. The fraction of sp³-hybridized carbons (Fsp3) is 0.625. The molecule has 0 saturated carbocycles. The number of hydrogen-bond acceptors (Lipinski definition) is 2. The van der Waals surface area contributed by atoms with Gasteiger partial charge in [-0.1, -0.05) is 19.9 Å². The van der Waals surface area contributed by atoms with Crippen molar-refractivity contribution in [3.8, 4) is 5.75 Å². The molecule has 0 spiro atoms. The van der Waals surface area contributed by atoms with Crippen molar-refractivity contribution in [3.05, 3.63) is 29.3 Å². The Labute approximate surface area is 111 Å². The molecular formula is C16H25NO. The maximum Gasteiger partial charge on any atom is 0.119 e. The number of rotatable bonds is 5. The summed E-state index contributed by atoms with van der Waals surface area (Å²) in [7, 11) is 1.75. The minimum absolute atomic E-state index is 0.598.